The molecular formula is C24H42N2. The molecule has 26 heavy (non-hydrogen) atoms. The normalized spacial score (nSPS) is 11.5. The Morgan fingerprint density at radius 1 is 0.538 bits per heavy atom. The first-order valence-electron chi connectivity index (χ1n) is 10.2. The van der Waals surface area contributed by atoms with E-state index in [-0.39, 0.29) is 0 Å². The first kappa shape index (κ1) is 26.4. The molecule has 2 nitrogen and oxygen atoms in total. The van der Waals surface area contributed by atoms with Gasteiger partial charge in [0.15, 0.2) is 0 Å². The molecule has 2 rings (SSSR count). The second kappa shape index (κ2) is 16.7. The lowest BCUT2D eigenvalue weighted by molar-refractivity contribution is 0.280. The zero-order chi connectivity index (χ0) is 20.5. The van der Waals surface area contributed by atoms with E-state index in [4.69, 9.17) is 0 Å². The first-order valence-corrected chi connectivity index (χ1v) is 10.2. The van der Waals surface area contributed by atoms with Crippen LogP contribution in [0.25, 0.3) is 0 Å². The van der Waals surface area contributed by atoms with Gasteiger partial charge in [-0.15, -0.1) is 0 Å². The van der Waals surface area contributed by atoms with Crippen molar-refractivity contribution in [3.8, 4) is 0 Å². The van der Waals surface area contributed by atoms with Crippen LogP contribution in [0.4, 0.5) is 11.4 Å². The molecule has 0 saturated carbocycles. The fourth-order valence-electron chi connectivity index (χ4n) is 2.44. The van der Waals surface area contributed by atoms with Gasteiger partial charge in [0.2, 0.25) is 0 Å². The Labute approximate surface area is 163 Å². The zero-order valence-corrected chi connectivity index (χ0v) is 18.8. The summed E-state index contributed by atoms with van der Waals surface area (Å²) in [7, 11) is 4.27. The fraction of sp³-hybridized carbons (Fsp3) is 0.500. The van der Waals surface area contributed by atoms with Crippen molar-refractivity contribution in [1.82, 2.24) is 4.90 Å². The summed E-state index contributed by atoms with van der Waals surface area (Å²) in [6, 6.07) is 22.0. The second-order valence-corrected chi connectivity index (χ2v) is 5.49. The third-order valence-corrected chi connectivity index (χ3v) is 3.99. The Balaban J connectivity index is 0. The molecule has 2 aromatic carbocycles. The van der Waals surface area contributed by atoms with E-state index < -0.39 is 0 Å². The second-order valence-electron chi connectivity index (χ2n) is 5.49. The van der Waals surface area contributed by atoms with Gasteiger partial charge in [-0.05, 0) is 52.2 Å². The maximum Gasteiger partial charge on any atom is 0.0466 e. The van der Waals surface area contributed by atoms with E-state index in [9.17, 15) is 0 Å². The smallest absolute Gasteiger partial charge is 0.0466 e. The summed E-state index contributed by atoms with van der Waals surface area (Å²) in [5.74, 6) is 0. The monoisotopic (exact) mass is 358 g/mol. The van der Waals surface area contributed by atoms with E-state index in [0.717, 1.165) is 0 Å². The van der Waals surface area contributed by atoms with Crippen molar-refractivity contribution in [1.29, 1.82) is 0 Å². The van der Waals surface area contributed by atoms with Gasteiger partial charge in [0.05, 0.1) is 0 Å². The molecule has 0 spiro atoms. The van der Waals surface area contributed by atoms with Gasteiger partial charge >= 0.3 is 0 Å². The van der Waals surface area contributed by atoms with Crippen LogP contribution < -0.4 is 4.90 Å². The highest BCUT2D eigenvalue weighted by molar-refractivity contribution is 5.64. The van der Waals surface area contributed by atoms with E-state index in [2.05, 4.69) is 98.4 Å². The summed E-state index contributed by atoms with van der Waals surface area (Å²) in [6.07, 6.45) is 0. The number of benzene rings is 2. The van der Waals surface area contributed by atoms with Gasteiger partial charge in [0.25, 0.3) is 0 Å². The number of anilines is 2. The minimum absolute atomic E-state index is 0.384. The lowest BCUT2D eigenvalue weighted by Gasteiger charge is -2.37. The lowest BCUT2D eigenvalue weighted by Crippen LogP contribution is -2.44. The average molecular weight is 359 g/mol. The molecule has 148 valence electrons. The van der Waals surface area contributed by atoms with Crippen molar-refractivity contribution in [2.45, 2.75) is 67.5 Å². The average Bonchev–Trinajstić information content (AvgIpc) is 2.73. The van der Waals surface area contributed by atoms with Crippen LogP contribution in [0.2, 0.25) is 0 Å². The summed E-state index contributed by atoms with van der Waals surface area (Å²) < 4.78 is 0. The third kappa shape index (κ3) is 8.53. The van der Waals surface area contributed by atoms with E-state index in [1.807, 2.05) is 41.5 Å². The molecule has 0 saturated heterocycles. The van der Waals surface area contributed by atoms with Gasteiger partial charge < -0.3 is 9.80 Å². The van der Waals surface area contributed by atoms with Crippen molar-refractivity contribution < 1.29 is 0 Å². The molecule has 0 aliphatic carbocycles. The minimum Gasteiger partial charge on any atom is -0.337 e. The third-order valence-electron chi connectivity index (χ3n) is 3.99. The largest absolute Gasteiger partial charge is 0.337 e. The molecule has 0 N–H and O–H groups in total. The van der Waals surface area contributed by atoms with Crippen LogP contribution in [-0.2, 0) is 0 Å². The zero-order valence-electron chi connectivity index (χ0n) is 18.8. The standard InChI is InChI=1S/C18H24N2.3C2H6/c1-15(19(3)4)16(2)20(17-11-7-5-8-12-17)18-13-9-6-10-14-18;3*1-2/h5-16H,1-4H3;3*1-2H3. The summed E-state index contributed by atoms with van der Waals surface area (Å²) in [5, 5.41) is 0. The van der Waals surface area contributed by atoms with E-state index >= 15 is 0 Å². The molecule has 0 heterocycles. The molecule has 0 bridgehead atoms. The molecule has 0 aliphatic heterocycles. The predicted octanol–water partition coefficient (Wildman–Crippen LogP) is 7.24. The summed E-state index contributed by atoms with van der Waals surface area (Å²) in [4.78, 5) is 4.67. The molecule has 2 atom stereocenters. The Bertz CT molecular complexity index is 469. The molecule has 0 aromatic heterocycles. The van der Waals surface area contributed by atoms with Gasteiger partial charge in [-0.25, -0.2) is 0 Å². The number of nitrogens with zero attached hydrogens (tertiary/aromatic N) is 2. The van der Waals surface area contributed by atoms with Crippen LogP contribution in [-0.4, -0.2) is 31.1 Å². The van der Waals surface area contributed by atoms with Crippen molar-refractivity contribution in [3.05, 3.63) is 60.7 Å². The number of para-hydroxylation sites is 2. The van der Waals surface area contributed by atoms with Gasteiger partial charge in [-0.3, -0.25) is 0 Å². The predicted molar refractivity (Wildman–Crippen MR) is 122 cm³/mol. The Hall–Kier alpha value is -1.80. The van der Waals surface area contributed by atoms with Crippen molar-refractivity contribution in [2.75, 3.05) is 19.0 Å². The highest BCUT2D eigenvalue weighted by Gasteiger charge is 2.23. The quantitative estimate of drug-likeness (QED) is 0.555. The van der Waals surface area contributed by atoms with Gasteiger partial charge in [-0.1, -0.05) is 77.9 Å². The maximum absolute atomic E-state index is 2.41. The molecule has 0 aliphatic rings. The van der Waals surface area contributed by atoms with Crippen LogP contribution in [0.5, 0.6) is 0 Å². The van der Waals surface area contributed by atoms with Crippen molar-refractivity contribution in [3.63, 3.8) is 0 Å². The van der Waals surface area contributed by atoms with Crippen molar-refractivity contribution >= 4 is 11.4 Å². The molecule has 0 amide bonds. The summed E-state index contributed by atoms with van der Waals surface area (Å²) in [5.41, 5.74) is 2.47. The van der Waals surface area contributed by atoms with Crippen molar-refractivity contribution in [2.24, 2.45) is 0 Å². The van der Waals surface area contributed by atoms with Crippen LogP contribution >= 0.6 is 0 Å². The molecular weight excluding hydrogens is 316 g/mol. The van der Waals surface area contributed by atoms with Gasteiger partial charge in [0.1, 0.15) is 0 Å². The first-order chi connectivity index (χ1) is 12.6. The van der Waals surface area contributed by atoms with E-state index in [1.165, 1.54) is 11.4 Å². The van der Waals surface area contributed by atoms with E-state index in [1.54, 1.807) is 0 Å². The molecule has 0 radical (unpaired) electrons. The lowest BCUT2D eigenvalue weighted by atomic mass is 10.1. The molecule has 0 fully saturated rings. The highest BCUT2D eigenvalue weighted by atomic mass is 15.2. The van der Waals surface area contributed by atoms with Crippen LogP contribution in [0.1, 0.15) is 55.4 Å². The minimum atomic E-state index is 0.384. The topological polar surface area (TPSA) is 6.48 Å². The summed E-state index contributed by atoms with van der Waals surface area (Å²) in [6.45, 7) is 16.5. The number of likely N-dealkylation sites (N-methyl/N-ethyl adjacent to an activating group) is 1. The van der Waals surface area contributed by atoms with E-state index in [0.29, 0.717) is 12.1 Å². The van der Waals surface area contributed by atoms with Crippen LogP contribution in [0.15, 0.2) is 60.7 Å². The molecule has 2 aromatic rings. The molecule has 2 unspecified atom stereocenters. The Kier molecular flexibility index (Phi) is 16.9. The van der Waals surface area contributed by atoms with Gasteiger partial charge in [-0.2, -0.15) is 0 Å². The Morgan fingerprint density at radius 2 is 0.846 bits per heavy atom. The van der Waals surface area contributed by atoms with Crippen LogP contribution in [0, 0.1) is 0 Å². The van der Waals surface area contributed by atoms with Gasteiger partial charge in [0, 0.05) is 23.5 Å². The maximum atomic E-state index is 2.41. The number of hydrogen-bond acceptors (Lipinski definition) is 2. The number of hydrogen-bond donors (Lipinski definition) is 0. The van der Waals surface area contributed by atoms with Crippen LogP contribution in [0.3, 0.4) is 0 Å². The molecule has 2 heteroatoms. The SMILES string of the molecule is CC.CC.CC.CC(C(C)N(c1ccccc1)c1ccccc1)N(C)C. The highest BCUT2D eigenvalue weighted by Crippen LogP contribution is 2.29. The number of rotatable bonds is 5. The Morgan fingerprint density at radius 3 is 1.12 bits per heavy atom. The fourth-order valence-corrected chi connectivity index (χ4v) is 2.44. The summed E-state index contributed by atoms with van der Waals surface area (Å²) >= 11 is 0.